The summed E-state index contributed by atoms with van der Waals surface area (Å²) >= 11 is 0. The van der Waals surface area contributed by atoms with E-state index in [1.807, 2.05) is 30.5 Å². The van der Waals surface area contributed by atoms with Crippen LogP contribution in [0.1, 0.15) is 16.7 Å². The minimum Gasteiger partial charge on any atom is -0.304 e. The molecule has 0 spiro atoms. The molecule has 80 valence electrons. The number of hydrogen-bond donors (Lipinski definition) is 0. The van der Waals surface area contributed by atoms with E-state index in [9.17, 15) is 0 Å². The molecule has 0 N–H and O–H groups in total. The molecule has 0 unspecified atom stereocenters. The van der Waals surface area contributed by atoms with Crippen LogP contribution in [0.2, 0.25) is 0 Å². The van der Waals surface area contributed by atoms with Crippen molar-refractivity contribution in [1.29, 1.82) is 0 Å². The van der Waals surface area contributed by atoms with Crippen molar-refractivity contribution in [2.75, 3.05) is 0 Å². The molecular weight excluding hydrogens is 201 g/mol. The Hall–Kier alpha value is -1.29. The molecule has 0 saturated carbocycles. The molecule has 17 heavy (non-hydrogen) atoms. The molecule has 0 saturated heterocycles. The minimum absolute atomic E-state index is 0. The molecule has 0 atom stereocenters. The number of aryl methyl sites for hydroxylation is 2. The zero-order chi connectivity index (χ0) is 11.4. The number of rotatable bonds is 2. The molecule has 0 aliphatic rings. The number of para-hydroxylation sites is 1. The van der Waals surface area contributed by atoms with E-state index in [2.05, 4.69) is 43.1 Å². The van der Waals surface area contributed by atoms with E-state index in [4.69, 9.17) is 0 Å². The molecule has 0 aliphatic heterocycles. The second kappa shape index (κ2) is 6.44. The van der Waals surface area contributed by atoms with E-state index in [-0.39, 0.29) is 18.9 Å². The van der Waals surface area contributed by atoms with Gasteiger partial charge in [-0.25, -0.2) is 0 Å². The summed E-state index contributed by atoms with van der Waals surface area (Å²) < 4.78 is 0. The van der Waals surface area contributed by atoms with Crippen molar-refractivity contribution in [3.63, 3.8) is 0 Å². The molecule has 0 amide bonds. The molecule has 0 aromatic heterocycles. The standard InChI is InChI=1S/C15H14N.Li/c1-12-7-6-8-13(2)15(12)16-11-14-9-4-3-5-10-14;/h3-9,11H,1-2H3;/q-1;+1. The van der Waals surface area contributed by atoms with Crippen LogP contribution in [0, 0.1) is 19.9 Å². The van der Waals surface area contributed by atoms with Crippen LogP contribution in [-0.2, 0) is 0 Å². The van der Waals surface area contributed by atoms with E-state index in [0.29, 0.717) is 0 Å². The van der Waals surface area contributed by atoms with Gasteiger partial charge in [0, 0.05) is 0 Å². The van der Waals surface area contributed by atoms with Gasteiger partial charge in [-0.1, -0.05) is 18.2 Å². The molecule has 1 nitrogen and oxygen atoms in total. The fraction of sp³-hybridized carbons (Fsp3) is 0.133. The van der Waals surface area contributed by atoms with E-state index in [0.717, 1.165) is 11.3 Å². The van der Waals surface area contributed by atoms with Crippen LogP contribution in [0.5, 0.6) is 0 Å². The molecule has 2 heteroatoms. The molecule has 0 aliphatic carbocycles. The molecule has 0 heterocycles. The normalized spacial score (nSPS) is 10.2. The van der Waals surface area contributed by atoms with E-state index in [1.165, 1.54) is 11.1 Å². The zero-order valence-corrected chi connectivity index (χ0v) is 10.6. The maximum absolute atomic E-state index is 4.52. The first-order valence-corrected chi connectivity index (χ1v) is 5.34. The van der Waals surface area contributed by atoms with E-state index >= 15 is 0 Å². The number of nitrogens with zero attached hydrogens (tertiary/aromatic N) is 1. The van der Waals surface area contributed by atoms with Gasteiger partial charge in [-0.05, 0) is 31.2 Å². The van der Waals surface area contributed by atoms with Gasteiger partial charge in [0.15, 0.2) is 0 Å². The Balaban J connectivity index is 0.00000144. The third-order valence-corrected chi connectivity index (χ3v) is 2.51. The molecule has 2 aromatic carbocycles. The van der Waals surface area contributed by atoms with Crippen LogP contribution in [0.3, 0.4) is 0 Å². The van der Waals surface area contributed by atoms with Crippen molar-refractivity contribution in [3.05, 3.63) is 65.2 Å². The van der Waals surface area contributed by atoms with Crippen molar-refractivity contribution in [3.8, 4) is 0 Å². The Labute approximate surface area is 115 Å². The Kier molecular flexibility index (Phi) is 5.22. The molecule has 0 fully saturated rings. The average Bonchev–Trinajstić information content (AvgIpc) is 2.30. The van der Waals surface area contributed by atoms with Crippen molar-refractivity contribution in [1.82, 2.24) is 0 Å². The van der Waals surface area contributed by atoms with Crippen LogP contribution in [-0.4, -0.2) is 6.21 Å². The van der Waals surface area contributed by atoms with Crippen LogP contribution in [0.25, 0.3) is 0 Å². The van der Waals surface area contributed by atoms with Gasteiger partial charge in [-0.15, -0.1) is 35.9 Å². The first-order valence-electron chi connectivity index (χ1n) is 5.34. The van der Waals surface area contributed by atoms with Gasteiger partial charge in [-0.3, -0.25) is 0 Å². The summed E-state index contributed by atoms with van der Waals surface area (Å²) in [5.74, 6) is 0. The summed E-state index contributed by atoms with van der Waals surface area (Å²) in [5, 5.41) is 0. The van der Waals surface area contributed by atoms with Crippen LogP contribution in [0.15, 0.2) is 47.5 Å². The SMILES string of the molecule is Cc1cccc(C)c1N=Cc1[c-]cccc1.[Li+]. The predicted octanol–water partition coefficient (Wildman–Crippen LogP) is 0.858. The largest absolute Gasteiger partial charge is 1.00 e. The second-order valence-corrected chi connectivity index (χ2v) is 3.82. The molecule has 0 radical (unpaired) electrons. The van der Waals surface area contributed by atoms with Crippen molar-refractivity contribution < 1.29 is 18.9 Å². The summed E-state index contributed by atoms with van der Waals surface area (Å²) in [4.78, 5) is 4.52. The summed E-state index contributed by atoms with van der Waals surface area (Å²) in [6.45, 7) is 4.16. The van der Waals surface area contributed by atoms with Crippen LogP contribution >= 0.6 is 0 Å². The Morgan fingerprint density at radius 1 is 1.00 bits per heavy atom. The number of hydrogen-bond acceptors (Lipinski definition) is 1. The molecular formula is C15H14LiN. The van der Waals surface area contributed by atoms with E-state index < -0.39 is 0 Å². The van der Waals surface area contributed by atoms with Gasteiger partial charge in [0.25, 0.3) is 0 Å². The number of benzene rings is 2. The van der Waals surface area contributed by atoms with Gasteiger partial charge in [0.1, 0.15) is 0 Å². The minimum atomic E-state index is 0. The monoisotopic (exact) mass is 215 g/mol. The predicted molar refractivity (Wildman–Crippen MR) is 68.4 cm³/mol. The molecule has 2 rings (SSSR count). The van der Waals surface area contributed by atoms with Crippen molar-refractivity contribution in [2.45, 2.75) is 13.8 Å². The van der Waals surface area contributed by atoms with Gasteiger partial charge in [-0.2, -0.15) is 0 Å². The van der Waals surface area contributed by atoms with Gasteiger partial charge in [0.2, 0.25) is 0 Å². The molecule has 2 aromatic rings. The maximum atomic E-state index is 4.52. The Bertz CT molecular complexity index is 483. The van der Waals surface area contributed by atoms with Crippen LogP contribution < -0.4 is 18.9 Å². The summed E-state index contributed by atoms with van der Waals surface area (Å²) in [5.41, 5.74) is 4.46. The third kappa shape index (κ3) is 3.59. The Morgan fingerprint density at radius 2 is 1.71 bits per heavy atom. The molecule has 0 bridgehead atoms. The summed E-state index contributed by atoms with van der Waals surface area (Å²) in [6.07, 6.45) is 1.86. The van der Waals surface area contributed by atoms with Gasteiger partial charge < -0.3 is 4.99 Å². The maximum Gasteiger partial charge on any atom is 1.00 e. The van der Waals surface area contributed by atoms with Crippen molar-refractivity contribution >= 4 is 11.9 Å². The topological polar surface area (TPSA) is 12.4 Å². The summed E-state index contributed by atoms with van der Waals surface area (Å²) in [6, 6.07) is 17.2. The average molecular weight is 215 g/mol. The summed E-state index contributed by atoms with van der Waals surface area (Å²) in [7, 11) is 0. The Morgan fingerprint density at radius 3 is 2.29 bits per heavy atom. The number of aliphatic imine (C=N–C) groups is 1. The second-order valence-electron chi connectivity index (χ2n) is 3.82. The smallest absolute Gasteiger partial charge is 0.304 e. The van der Waals surface area contributed by atoms with Crippen molar-refractivity contribution in [2.24, 2.45) is 4.99 Å². The van der Waals surface area contributed by atoms with E-state index in [1.54, 1.807) is 0 Å². The fourth-order valence-electron chi connectivity index (χ4n) is 1.63. The fourth-order valence-corrected chi connectivity index (χ4v) is 1.63. The zero-order valence-electron chi connectivity index (χ0n) is 10.6. The first-order chi connectivity index (χ1) is 7.77. The third-order valence-electron chi connectivity index (χ3n) is 2.51. The quantitative estimate of drug-likeness (QED) is 0.400. The van der Waals surface area contributed by atoms with Gasteiger partial charge in [0.05, 0.1) is 5.69 Å². The first kappa shape index (κ1) is 13.8. The van der Waals surface area contributed by atoms with Crippen LogP contribution in [0.4, 0.5) is 5.69 Å². The van der Waals surface area contributed by atoms with Gasteiger partial charge >= 0.3 is 18.9 Å².